The minimum atomic E-state index is -0.860. The Morgan fingerprint density at radius 1 is 1.23 bits per heavy atom. The Morgan fingerprint density at radius 2 is 1.82 bits per heavy atom. The van der Waals surface area contributed by atoms with Crippen molar-refractivity contribution in [3.05, 3.63) is 0 Å². The fourth-order valence-electron chi connectivity index (χ4n) is 2.28. The smallest absolute Gasteiger partial charge is 0.333 e. The molecule has 2 atom stereocenters. The van der Waals surface area contributed by atoms with Gasteiger partial charge in [0.2, 0.25) is 6.79 Å². The second kappa shape index (κ2) is 5.26. The van der Waals surface area contributed by atoms with Crippen LogP contribution in [-0.4, -0.2) is 51.5 Å². The molecular formula is C14H19NO6S. The number of thioether (sulfide) groups is 1. The van der Waals surface area contributed by atoms with Gasteiger partial charge in [0.25, 0.3) is 11.7 Å². The molecule has 0 saturated carbocycles. The normalized spacial score (nSPS) is 26.3. The molecule has 0 aromatic rings. The Balaban J connectivity index is 1.96. The number of fused-ring (bicyclic) bond motifs is 1. The molecule has 0 aromatic heterocycles. The van der Waals surface area contributed by atoms with Crippen LogP contribution in [0.5, 0.6) is 0 Å². The number of hydrogen-bond donors (Lipinski definition) is 0. The number of hydrogen-bond acceptors (Lipinski definition) is 7. The first-order chi connectivity index (χ1) is 9.97. The van der Waals surface area contributed by atoms with Gasteiger partial charge in [-0.25, -0.2) is 4.79 Å². The van der Waals surface area contributed by atoms with Crippen molar-refractivity contribution >= 4 is 35.4 Å². The summed E-state index contributed by atoms with van der Waals surface area (Å²) in [7, 11) is 0. The molecule has 0 aliphatic carbocycles. The standard InChI is InChI=1S/C14H19NO6S/c1-13(2,3)12(19)21-6-20-11(18)8-14(4,5)22-10-7(16)9(17)15(8)10/h8,10H,6H2,1-5H3/t8-,10+/m0/s1. The number of carbonyl (C=O) groups is 4. The summed E-state index contributed by atoms with van der Waals surface area (Å²) >= 11 is 1.26. The van der Waals surface area contributed by atoms with Crippen molar-refractivity contribution in [3.8, 4) is 0 Å². The molecule has 2 heterocycles. The fourth-order valence-corrected chi connectivity index (χ4v) is 3.74. The zero-order valence-electron chi connectivity index (χ0n) is 13.2. The molecule has 1 amide bonds. The van der Waals surface area contributed by atoms with Crippen LogP contribution in [0.3, 0.4) is 0 Å². The lowest BCUT2D eigenvalue weighted by molar-refractivity contribution is -0.179. The molecule has 2 fully saturated rings. The maximum Gasteiger partial charge on any atom is 0.333 e. The summed E-state index contributed by atoms with van der Waals surface area (Å²) in [6.07, 6.45) is 0. The van der Waals surface area contributed by atoms with Gasteiger partial charge < -0.3 is 14.4 Å². The molecule has 2 saturated heterocycles. The van der Waals surface area contributed by atoms with E-state index in [1.54, 1.807) is 34.6 Å². The predicted octanol–water partition coefficient (Wildman–Crippen LogP) is 0.708. The quantitative estimate of drug-likeness (QED) is 0.326. The third kappa shape index (κ3) is 2.71. The molecule has 0 spiro atoms. The Bertz CT molecular complexity index is 550. The van der Waals surface area contributed by atoms with Crippen LogP contribution in [0.2, 0.25) is 0 Å². The molecule has 2 aliphatic rings. The first-order valence-corrected chi connectivity index (χ1v) is 7.73. The molecule has 0 N–H and O–H groups in total. The molecule has 2 rings (SSSR count). The lowest BCUT2D eigenvalue weighted by Crippen LogP contribution is -2.63. The van der Waals surface area contributed by atoms with Crippen molar-refractivity contribution in [2.75, 3.05) is 6.79 Å². The third-order valence-corrected chi connectivity index (χ3v) is 5.00. The van der Waals surface area contributed by atoms with Crippen molar-refractivity contribution < 1.29 is 28.7 Å². The number of ether oxygens (including phenoxy) is 2. The maximum atomic E-state index is 12.2. The summed E-state index contributed by atoms with van der Waals surface area (Å²) in [4.78, 5) is 48.1. The Hall–Kier alpha value is -1.57. The average molecular weight is 329 g/mol. The van der Waals surface area contributed by atoms with Gasteiger partial charge in [-0.3, -0.25) is 14.4 Å². The molecule has 22 heavy (non-hydrogen) atoms. The first-order valence-electron chi connectivity index (χ1n) is 6.85. The monoisotopic (exact) mass is 329 g/mol. The van der Waals surface area contributed by atoms with Gasteiger partial charge in [-0.2, -0.15) is 0 Å². The molecule has 2 aliphatic heterocycles. The van der Waals surface area contributed by atoms with Crippen molar-refractivity contribution in [2.45, 2.75) is 50.8 Å². The Morgan fingerprint density at radius 3 is 2.36 bits per heavy atom. The van der Waals surface area contributed by atoms with Gasteiger partial charge in [-0.15, -0.1) is 11.8 Å². The molecular weight excluding hydrogens is 310 g/mol. The van der Waals surface area contributed by atoms with Crippen LogP contribution in [0.1, 0.15) is 34.6 Å². The van der Waals surface area contributed by atoms with Crippen LogP contribution in [0.25, 0.3) is 0 Å². The highest BCUT2D eigenvalue weighted by atomic mass is 32.2. The summed E-state index contributed by atoms with van der Waals surface area (Å²) in [6, 6.07) is -0.860. The number of Topliss-reactive ketones (excluding diaryl/α,β-unsaturated/α-hetero) is 1. The highest BCUT2D eigenvalue weighted by molar-refractivity contribution is 8.02. The zero-order valence-corrected chi connectivity index (χ0v) is 14.0. The van der Waals surface area contributed by atoms with Crippen molar-refractivity contribution in [1.29, 1.82) is 0 Å². The summed E-state index contributed by atoms with van der Waals surface area (Å²) in [5, 5.41) is -0.614. The van der Waals surface area contributed by atoms with E-state index in [2.05, 4.69) is 0 Å². The van der Waals surface area contributed by atoms with E-state index in [4.69, 9.17) is 9.47 Å². The van der Waals surface area contributed by atoms with Crippen molar-refractivity contribution in [3.63, 3.8) is 0 Å². The minimum Gasteiger partial charge on any atom is -0.427 e. The number of rotatable bonds is 3. The van der Waals surface area contributed by atoms with E-state index < -0.39 is 52.0 Å². The van der Waals surface area contributed by atoms with Crippen LogP contribution in [0, 0.1) is 5.41 Å². The van der Waals surface area contributed by atoms with Gasteiger partial charge in [0.15, 0.2) is 0 Å². The summed E-state index contributed by atoms with van der Waals surface area (Å²) in [5.74, 6) is -2.33. The van der Waals surface area contributed by atoms with Crippen LogP contribution >= 0.6 is 11.8 Å². The molecule has 8 heteroatoms. The first kappa shape index (κ1) is 16.8. The predicted molar refractivity (Wildman–Crippen MR) is 77.6 cm³/mol. The number of carbonyl (C=O) groups excluding carboxylic acids is 4. The lowest BCUT2D eigenvalue weighted by Gasteiger charge is -2.35. The molecule has 0 bridgehead atoms. The lowest BCUT2D eigenvalue weighted by atomic mass is 9.97. The molecule has 0 aromatic carbocycles. The van der Waals surface area contributed by atoms with Gasteiger partial charge in [0.1, 0.15) is 11.4 Å². The molecule has 122 valence electrons. The Kier molecular flexibility index (Phi) is 4.01. The highest BCUT2D eigenvalue weighted by Crippen LogP contribution is 2.49. The van der Waals surface area contributed by atoms with Gasteiger partial charge in [0, 0.05) is 4.75 Å². The van der Waals surface area contributed by atoms with Crippen LogP contribution < -0.4 is 0 Å². The minimum absolute atomic E-state index is 0.492. The number of nitrogens with zero attached hydrogens (tertiary/aromatic N) is 1. The summed E-state index contributed by atoms with van der Waals surface area (Å²) < 4.78 is 9.20. The fraction of sp³-hybridized carbons (Fsp3) is 0.714. The largest absolute Gasteiger partial charge is 0.427 e. The summed E-state index contributed by atoms with van der Waals surface area (Å²) in [6.45, 7) is 8.08. The van der Waals surface area contributed by atoms with Gasteiger partial charge in [-0.05, 0) is 34.6 Å². The van der Waals surface area contributed by atoms with E-state index in [0.717, 1.165) is 0 Å². The molecule has 0 radical (unpaired) electrons. The number of ketones is 1. The maximum absolute atomic E-state index is 12.2. The average Bonchev–Trinajstić information content (AvgIpc) is 2.65. The molecule has 0 unspecified atom stereocenters. The van der Waals surface area contributed by atoms with Gasteiger partial charge >= 0.3 is 11.9 Å². The number of amides is 1. The van der Waals surface area contributed by atoms with E-state index in [1.807, 2.05) is 0 Å². The van der Waals surface area contributed by atoms with E-state index >= 15 is 0 Å². The van der Waals surface area contributed by atoms with Crippen molar-refractivity contribution in [1.82, 2.24) is 4.90 Å². The van der Waals surface area contributed by atoms with Crippen molar-refractivity contribution in [2.24, 2.45) is 5.41 Å². The zero-order chi connectivity index (χ0) is 16.9. The SMILES string of the molecule is CC(C)(C)C(=O)OCOC(=O)[C@@H]1N2C(=O)C(=O)[C@H]2SC1(C)C. The number of esters is 2. The van der Waals surface area contributed by atoms with Crippen LogP contribution in [0.15, 0.2) is 0 Å². The topological polar surface area (TPSA) is 90.0 Å². The molecule has 7 nitrogen and oxygen atoms in total. The van der Waals surface area contributed by atoms with E-state index in [9.17, 15) is 19.2 Å². The van der Waals surface area contributed by atoms with E-state index in [0.29, 0.717) is 0 Å². The Labute approximate surface area is 132 Å². The highest BCUT2D eigenvalue weighted by Gasteiger charge is 2.64. The van der Waals surface area contributed by atoms with Crippen LogP contribution in [0.4, 0.5) is 0 Å². The third-order valence-electron chi connectivity index (χ3n) is 3.50. The summed E-state index contributed by atoms with van der Waals surface area (Å²) in [5.41, 5.74) is -0.695. The van der Waals surface area contributed by atoms with Gasteiger partial charge in [0.05, 0.1) is 5.41 Å². The van der Waals surface area contributed by atoms with Gasteiger partial charge in [-0.1, -0.05) is 0 Å². The van der Waals surface area contributed by atoms with E-state index in [1.165, 1.54) is 16.7 Å². The second-order valence-corrected chi connectivity index (χ2v) is 8.55. The van der Waals surface area contributed by atoms with Crippen LogP contribution in [-0.2, 0) is 28.7 Å². The second-order valence-electron chi connectivity index (χ2n) is 6.82. The number of β-lactam (4-membered cyclic amide) rings is 1. The van der Waals surface area contributed by atoms with E-state index in [-0.39, 0.29) is 0 Å².